The minimum Gasteiger partial charge on any atom is -0.388 e. The second-order valence-electron chi connectivity index (χ2n) is 5.55. The van der Waals surface area contributed by atoms with Gasteiger partial charge in [-0.25, -0.2) is 13.4 Å². The molecule has 0 bridgehead atoms. The number of hydrogen-bond acceptors (Lipinski definition) is 3. The van der Waals surface area contributed by atoms with Gasteiger partial charge in [-0.15, -0.1) is 0 Å². The lowest BCUT2D eigenvalue weighted by Crippen LogP contribution is -2.17. The first-order valence-corrected chi connectivity index (χ1v) is 9.11. The molecule has 122 valence electrons. The Morgan fingerprint density at radius 3 is 2.25 bits per heavy atom. The first-order valence-electron chi connectivity index (χ1n) is 7.56. The number of sulfone groups is 1. The average Bonchev–Trinajstić information content (AvgIpc) is 2.60. The number of amidine groups is 1. The van der Waals surface area contributed by atoms with Crippen LogP contribution in [-0.4, -0.2) is 14.3 Å². The molecule has 0 saturated heterocycles. The maximum atomic E-state index is 13.1. The first kappa shape index (κ1) is 16.2. The Balaban J connectivity index is 2.26. The van der Waals surface area contributed by atoms with Gasteiger partial charge >= 0.3 is 0 Å². The first-order chi connectivity index (χ1) is 11.5. The van der Waals surface area contributed by atoms with Gasteiger partial charge in [0.1, 0.15) is 0 Å². The van der Waals surface area contributed by atoms with E-state index in [9.17, 15) is 8.42 Å². The summed E-state index contributed by atoms with van der Waals surface area (Å²) in [7, 11) is -3.71. The number of benzene rings is 3. The number of fused-ring (bicyclic) bond motifs is 1. The summed E-state index contributed by atoms with van der Waals surface area (Å²) >= 11 is 0. The Hall–Kier alpha value is -2.66. The molecule has 2 N–H and O–H groups in total. The summed E-state index contributed by atoms with van der Waals surface area (Å²) in [6, 6.07) is 21.6. The van der Waals surface area contributed by atoms with Crippen molar-refractivity contribution < 1.29 is 8.42 Å². The molecule has 0 aromatic heterocycles. The molecule has 1 atom stereocenters. The lowest BCUT2D eigenvalue weighted by Gasteiger charge is -2.17. The van der Waals surface area contributed by atoms with Crippen molar-refractivity contribution in [3.8, 4) is 0 Å². The molecular weight excluding hydrogens is 320 g/mol. The van der Waals surface area contributed by atoms with Crippen molar-refractivity contribution in [2.45, 2.75) is 17.2 Å². The van der Waals surface area contributed by atoms with E-state index < -0.39 is 15.2 Å². The minimum atomic E-state index is -3.71. The van der Waals surface area contributed by atoms with Gasteiger partial charge in [-0.1, -0.05) is 60.7 Å². The van der Waals surface area contributed by atoms with E-state index >= 15 is 0 Å². The molecule has 0 aliphatic heterocycles. The van der Waals surface area contributed by atoms with Crippen molar-refractivity contribution in [3.63, 3.8) is 0 Å². The molecule has 0 aliphatic carbocycles. The zero-order chi connectivity index (χ0) is 17.2. The highest BCUT2D eigenvalue weighted by molar-refractivity contribution is 7.91. The molecule has 0 spiro atoms. The van der Waals surface area contributed by atoms with Crippen LogP contribution in [-0.2, 0) is 9.84 Å². The fourth-order valence-electron chi connectivity index (χ4n) is 2.70. The molecule has 3 rings (SSSR count). The maximum absolute atomic E-state index is 13.1. The topological polar surface area (TPSA) is 72.5 Å². The van der Waals surface area contributed by atoms with Gasteiger partial charge in [-0.05, 0) is 35.4 Å². The SMILES string of the molecule is CC(N)=NC(c1cccc2ccccc12)S(=O)(=O)c1ccccc1. The highest BCUT2D eigenvalue weighted by Crippen LogP contribution is 2.34. The van der Waals surface area contributed by atoms with Crippen molar-refractivity contribution >= 4 is 26.4 Å². The second kappa shape index (κ2) is 6.45. The van der Waals surface area contributed by atoms with Gasteiger partial charge in [0.05, 0.1) is 10.7 Å². The van der Waals surface area contributed by atoms with Gasteiger partial charge in [0.2, 0.25) is 9.84 Å². The Morgan fingerprint density at radius 2 is 1.54 bits per heavy atom. The smallest absolute Gasteiger partial charge is 0.205 e. The molecule has 0 aliphatic rings. The summed E-state index contributed by atoms with van der Waals surface area (Å²) in [5.41, 5.74) is 6.36. The van der Waals surface area contributed by atoms with Crippen LogP contribution < -0.4 is 5.73 Å². The van der Waals surface area contributed by atoms with Gasteiger partial charge < -0.3 is 5.73 Å². The third kappa shape index (κ3) is 3.03. The molecule has 0 heterocycles. The summed E-state index contributed by atoms with van der Waals surface area (Å²) in [6.45, 7) is 1.60. The van der Waals surface area contributed by atoms with Crippen molar-refractivity contribution in [1.82, 2.24) is 0 Å². The average molecular weight is 338 g/mol. The van der Waals surface area contributed by atoms with Gasteiger partial charge in [-0.2, -0.15) is 0 Å². The van der Waals surface area contributed by atoms with Crippen LogP contribution in [0, 0.1) is 0 Å². The van der Waals surface area contributed by atoms with Crippen LogP contribution in [0.4, 0.5) is 0 Å². The van der Waals surface area contributed by atoms with Crippen LogP contribution in [0.2, 0.25) is 0 Å². The zero-order valence-corrected chi connectivity index (χ0v) is 14.1. The summed E-state index contributed by atoms with van der Waals surface area (Å²) in [5, 5.41) is 0.749. The van der Waals surface area contributed by atoms with Crippen molar-refractivity contribution in [2.24, 2.45) is 10.7 Å². The highest BCUT2D eigenvalue weighted by Gasteiger charge is 2.29. The predicted molar refractivity (Wildman–Crippen MR) is 97.6 cm³/mol. The number of hydrogen-bond donors (Lipinski definition) is 1. The van der Waals surface area contributed by atoms with Crippen LogP contribution in [0.3, 0.4) is 0 Å². The molecule has 1 unspecified atom stereocenters. The van der Waals surface area contributed by atoms with Crippen molar-refractivity contribution in [2.75, 3.05) is 0 Å². The summed E-state index contributed by atoms with van der Waals surface area (Å²) in [6.07, 6.45) is 0. The van der Waals surface area contributed by atoms with Crippen molar-refractivity contribution in [3.05, 3.63) is 78.4 Å². The van der Waals surface area contributed by atoms with Crippen LogP contribution in [0.5, 0.6) is 0 Å². The predicted octanol–water partition coefficient (Wildman–Crippen LogP) is 3.69. The zero-order valence-electron chi connectivity index (χ0n) is 13.3. The number of nitrogens with zero attached hydrogens (tertiary/aromatic N) is 1. The third-order valence-corrected chi connectivity index (χ3v) is 5.65. The highest BCUT2D eigenvalue weighted by atomic mass is 32.2. The number of nitrogens with two attached hydrogens (primary N) is 1. The largest absolute Gasteiger partial charge is 0.388 e. The van der Waals surface area contributed by atoms with Gasteiger partial charge in [-0.3, -0.25) is 0 Å². The van der Waals surface area contributed by atoms with E-state index in [1.165, 1.54) is 0 Å². The van der Waals surface area contributed by atoms with E-state index in [-0.39, 0.29) is 10.7 Å². The van der Waals surface area contributed by atoms with Crippen LogP contribution in [0.25, 0.3) is 10.8 Å². The molecule has 5 heteroatoms. The number of rotatable bonds is 4. The van der Waals surface area contributed by atoms with E-state index in [4.69, 9.17) is 5.73 Å². The van der Waals surface area contributed by atoms with E-state index in [1.54, 1.807) is 43.3 Å². The maximum Gasteiger partial charge on any atom is 0.205 e. The third-order valence-electron chi connectivity index (χ3n) is 3.78. The van der Waals surface area contributed by atoms with Crippen molar-refractivity contribution in [1.29, 1.82) is 0 Å². The van der Waals surface area contributed by atoms with Crippen LogP contribution in [0.15, 0.2) is 82.7 Å². The van der Waals surface area contributed by atoms with E-state index in [1.807, 2.05) is 36.4 Å². The summed E-state index contributed by atoms with van der Waals surface area (Å²) in [5.74, 6) is 0.229. The standard InChI is InChI=1S/C19H18N2O2S/c1-14(20)21-19(24(22,23)16-10-3-2-4-11-16)18-13-7-9-15-8-5-6-12-17(15)18/h2-13,19H,1H3,(H2,20,21). The molecule has 3 aromatic rings. The molecule has 0 radical (unpaired) electrons. The molecule has 0 saturated carbocycles. The number of aliphatic imine (C=N–C) groups is 1. The molecule has 3 aromatic carbocycles. The minimum absolute atomic E-state index is 0.229. The van der Waals surface area contributed by atoms with Gasteiger partial charge in [0.25, 0.3) is 0 Å². The second-order valence-corrected chi connectivity index (χ2v) is 7.56. The normalized spacial score (nSPS) is 13.8. The Morgan fingerprint density at radius 1 is 0.917 bits per heavy atom. The summed E-state index contributed by atoms with van der Waals surface area (Å²) < 4.78 is 26.3. The quantitative estimate of drug-likeness (QED) is 0.582. The Bertz CT molecular complexity index is 987. The molecule has 0 fully saturated rings. The monoisotopic (exact) mass is 338 g/mol. The van der Waals surface area contributed by atoms with E-state index in [0.29, 0.717) is 5.56 Å². The lowest BCUT2D eigenvalue weighted by molar-refractivity contribution is 0.584. The molecule has 0 amide bonds. The Labute approximate surface area is 141 Å². The fourth-order valence-corrected chi connectivity index (χ4v) is 4.34. The molecule has 4 nitrogen and oxygen atoms in total. The van der Waals surface area contributed by atoms with E-state index in [0.717, 1.165) is 10.8 Å². The lowest BCUT2D eigenvalue weighted by atomic mass is 10.0. The van der Waals surface area contributed by atoms with Crippen LogP contribution in [0.1, 0.15) is 17.9 Å². The fraction of sp³-hybridized carbons (Fsp3) is 0.105. The molecular formula is C19H18N2O2S. The van der Waals surface area contributed by atoms with Gasteiger partial charge in [0, 0.05) is 0 Å². The summed E-state index contributed by atoms with van der Waals surface area (Å²) in [4.78, 5) is 4.48. The Kier molecular flexibility index (Phi) is 4.36. The van der Waals surface area contributed by atoms with Gasteiger partial charge in [0.15, 0.2) is 5.37 Å². The van der Waals surface area contributed by atoms with Crippen LogP contribution >= 0.6 is 0 Å². The molecule has 24 heavy (non-hydrogen) atoms. The van der Waals surface area contributed by atoms with E-state index in [2.05, 4.69) is 4.99 Å².